The molecule has 1 aliphatic rings. The second-order valence-electron chi connectivity index (χ2n) is 11.7. The average molecular weight is 735 g/mol. The Kier molecular flexibility index (Phi) is 11.8. The van der Waals surface area contributed by atoms with Crippen LogP contribution in [0, 0.1) is 0 Å². The quantitative estimate of drug-likeness (QED) is 0.162. The van der Waals surface area contributed by atoms with Crippen LogP contribution in [-0.4, -0.2) is 58.0 Å². The topological polar surface area (TPSA) is 105 Å². The maximum absolute atomic E-state index is 14.8. The van der Waals surface area contributed by atoms with Crippen LogP contribution in [0.2, 0.25) is 0 Å². The summed E-state index contributed by atoms with van der Waals surface area (Å²) in [6, 6.07) is 28.8. The lowest BCUT2D eigenvalue weighted by Crippen LogP contribution is -2.54. The number of sulfonamides is 1. The number of ether oxygens (including phenoxy) is 2. The lowest BCUT2D eigenvalue weighted by Gasteiger charge is -2.34. The number of hydrogen-bond acceptors (Lipinski definition) is 6. The second kappa shape index (κ2) is 16.2. The molecule has 48 heavy (non-hydrogen) atoms. The van der Waals surface area contributed by atoms with E-state index < -0.39 is 28.5 Å². The Labute approximate surface area is 291 Å². The highest BCUT2D eigenvalue weighted by molar-refractivity contribution is 9.10. The van der Waals surface area contributed by atoms with Crippen LogP contribution in [-0.2, 0) is 32.6 Å². The van der Waals surface area contributed by atoms with Crippen LogP contribution in [0.3, 0.4) is 0 Å². The summed E-state index contributed by atoms with van der Waals surface area (Å²) in [6.07, 6.45) is 4.06. The fourth-order valence-electron chi connectivity index (χ4n) is 5.98. The van der Waals surface area contributed by atoms with E-state index in [0.29, 0.717) is 5.75 Å². The minimum Gasteiger partial charge on any atom is -0.497 e. The van der Waals surface area contributed by atoms with Crippen LogP contribution in [0.15, 0.2) is 112 Å². The standard InChI is InChI=1S/C37H40BrN3O6S/c1-46-31-20-21-35(47-2)33(24-31)41(48(44,45)32-18-7-4-8-19-32)26-36(42)40(25-28-14-11-15-29(38)22-28)34(23-27-12-5-3-6-13-27)37(43)39-30-16-9-10-17-30/h3-8,11-15,18-22,24,30,34H,9-10,16-17,23,25-26H2,1-2H3,(H,39,43)/t34-/m0/s1. The second-order valence-corrected chi connectivity index (χ2v) is 14.5. The van der Waals surface area contributed by atoms with Gasteiger partial charge < -0.3 is 19.7 Å². The summed E-state index contributed by atoms with van der Waals surface area (Å²) in [5.74, 6) is -0.204. The van der Waals surface area contributed by atoms with Crippen LogP contribution in [0.1, 0.15) is 36.8 Å². The predicted octanol–water partition coefficient (Wildman–Crippen LogP) is 6.36. The van der Waals surface area contributed by atoms with Gasteiger partial charge in [-0.1, -0.05) is 89.4 Å². The highest BCUT2D eigenvalue weighted by Gasteiger charge is 2.36. The molecule has 0 unspecified atom stereocenters. The molecule has 0 radical (unpaired) electrons. The Hall–Kier alpha value is -4.35. The molecule has 5 rings (SSSR count). The molecule has 1 atom stereocenters. The first-order valence-corrected chi connectivity index (χ1v) is 18.1. The van der Waals surface area contributed by atoms with Crippen molar-refractivity contribution in [2.75, 3.05) is 25.1 Å². The molecule has 11 heteroatoms. The largest absolute Gasteiger partial charge is 0.497 e. The minimum absolute atomic E-state index is 0.000949. The number of nitrogens with one attached hydrogen (secondary N) is 1. The van der Waals surface area contributed by atoms with Crippen molar-refractivity contribution in [2.45, 2.75) is 55.6 Å². The van der Waals surface area contributed by atoms with Gasteiger partial charge in [-0.05, 0) is 60.4 Å². The van der Waals surface area contributed by atoms with Crippen molar-refractivity contribution in [1.82, 2.24) is 10.2 Å². The summed E-state index contributed by atoms with van der Waals surface area (Å²) in [4.78, 5) is 30.5. The summed E-state index contributed by atoms with van der Waals surface area (Å²) in [6.45, 7) is -0.529. The Bertz CT molecular complexity index is 1800. The van der Waals surface area contributed by atoms with Gasteiger partial charge in [-0.2, -0.15) is 0 Å². The van der Waals surface area contributed by atoms with Crippen LogP contribution in [0.5, 0.6) is 11.5 Å². The maximum atomic E-state index is 14.8. The third-order valence-corrected chi connectivity index (χ3v) is 10.7. The molecule has 0 spiro atoms. The smallest absolute Gasteiger partial charge is 0.264 e. The number of rotatable bonds is 14. The lowest BCUT2D eigenvalue weighted by atomic mass is 10.0. The molecule has 1 aliphatic carbocycles. The third-order valence-electron chi connectivity index (χ3n) is 8.48. The normalized spacial score (nSPS) is 13.8. The molecule has 0 bridgehead atoms. The van der Waals surface area contributed by atoms with Crippen molar-refractivity contribution in [3.8, 4) is 11.5 Å². The van der Waals surface area contributed by atoms with E-state index >= 15 is 0 Å². The van der Waals surface area contributed by atoms with E-state index in [-0.39, 0.29) is 41.2 Å². The van der Waals surface area contributed by atoms with E-state index in [1.165, 1.54) is 37.3 Å². The number of methoxy groups -OCH3 is 2. The first-order chi connectivity index (χ1) is 23.2. The molecular formula is C37H40BrN3O6S. The van der Waals surface area contributed by atoms with Gasteiger partial charge in [-0.25, -0.2) is 8.42 Å². The Morgan fingerprint density at radius 3 is 2.17 bits per heavy atom. The molecule has 252 valence electrons. The molecule has 1 fully saturated rings. The van der Waals surface area contributed by atoms with Gasteiger partial charge in [0.2, 0.25) is 11.8 Å². The number of hydrogen-bond donors (Lipinski definition) is 1. The molecule has 0 saturated heterocycles. The van der Waals surface area contributed by atoms with Gasteiger partial charge in [0.1, 0.15) is 24.1 Å². The summed E-state index contributed by atoms with van der Waals surface area (Å²) in [5.41, 5.74) is 1.78. The summed E-state index contributed by atoms with van der Waals surface area (Å²) >= 11 is 3.52. The van der Waals surface area contributed by atoms with E-state index in [1.54, 1.807) is 30.3 Å². The monoisotopic (exact) mass is 733 g/mol. The summed E-state index contributed by atoms with van der Waals surface area (Å²) in [5, 5.41) is 3.20. The van der Waals surface area contributed by atoms with Crippen molar-refractivity contribution in [3.05, 3.63) is 119 Å². The van der Waals surface area contributed by atoms with E-state index in [0.717, 1.165) is 45.6 Å². The Morgan fingerprint density at radius 1 is 0.854 bits per heavy atom. The van der Waals surface area contributed by atoms with Gasteiger partial charge in [0.25, 0.3) is 10.0 Å². The minimum atomic E-state index is -4.30. The highest BCUT2D eigenvalue weighted by atomic mass is 79.9. The maximum Gasteiger partial charge on any atom is 0.264 e. The van der Waals surface area contributed by atoms with Gasteiger partial charge in [0.05, 0.1) is 24.8 Å². The third kappa shape index (κ3) is 8.56. The molecule has 1 N–H and O–H groups in total. The molecule has 0 aliphatic heterocycles. The van der Waals surface area contributed by atoms with E-state index in [9.17, 15) is 18.0 Å². The fraction of sp³-hybridized carbons (Fsp3) is 0.297. The molecule has 9 nitrogen and oxygen atoms in total. The Morgan fingerprint density at radius 2 is 1.52 bits per heavy atom. The Balaban J connectivity index is 1.61. The number of benzene rings is 4. The summed E-state index contributed by atoms with van der Waals surface area (Å²) in [7, 11) is -1.39. The summed E-state index contributed by atoms with van der Waals surface area (Å²) < 4.78 is 41.6. The number of carbonyl (C=O) groups is 2. The molecule has 1 saturated carbocycles. The molecular weight excluding hydrogens is 694 g/mol. The predicted molar refractivity (Wildman–Crippen MR) is 190 cm³/mol. The SMILES string of the molecule is COc1ccc(OC)c(N(CC(=O)N(Cc2cccc(Br)c2)[C@@H](Cc2ccccc2)C(=O)NC2CCCC2)S(=O)(=O)c2ccccc2)c1. The van der Waals surface area contributed by atoms with Gasteiger partial charge in [0.15, 0.2) is 0 Å². The number of anilines is 1. The average Bonchev–Trinajstić information content (AvgIpc) is 3.62. The van der Waals surface area contributed by atoms with Crippen molar-refractivity contribution in [1.29, 1.82) is 0 Å². The molecule has 4 aromatic carbocycles. The molecule has 2 amide bonds. The van der Waals surface area contributed by atoms with E-state index in [1.807, 2.05) is 54.6 Å². The molecule has 0 aromatic heterocycles. The van der Waals surface area contributed by atoms with Gasteiger partial charge in [-0.3, -0.25) is 13.9 Å². The first-order valence-electron chi connectivity index (χ1n) is 15.9. The van der Waals surface area contributed by atoms with Crippen molar-refractivity contribution in [3.63, 3.8) is 0 Å². The van der Waals surface area contributed by atoms with Crippen LogP contribution < -0.4 is 19.1 Å². The first kappa shape index (κ1) is 35.0. The zero-order chi connectivity index (χ0) is 34.1. The highest BCUT2D eigenvalue weighted by Crippen LogP contribution is 2.36. The van der Waals surface area contributed by atoms with Crippen molar-refractivity contribution < 1.29 is 27.5 Å². The van der Waals surface area contributed by atoms with E-state index in [4.69, 9.17) is 9.47 Å². The van der Waals surface area contributed by atoms with Crippen molar-refractivity contribution >= 4 is 43.5 Å². The van der Waals surface area contributed by atoms with Crippen LogP contribution in [0.25, 0.3) is 0 Å². The number of nitrogens with zero attached hydrogens (tertiary/aromatic N) is 2. The van der Waals surface area contributed by atoms with E-state index in [2.05, 4.69) is 21.2 Å². The van der Waals surface area contributed by atoms with Gasteiger partial charge in [0, 0.05) is 29.5 Å². The number of amides is 2. The number of carbonyl (C=O) groups excluding carboxylic acids is 2. The van der Waals surface area contributed by atoms with Crippen LogP contribution >= 0.6 is 15.9 Å². The van der Waals surface area contributed by atoms with Crippen LogP contribution in [0.4, 0.5) is 5.69 Å². The zero-order valence-corrected chi connectivity index (χ0v) is 29.5. The molecule has 0 heterocycles. The molecule has 4 aromatic rings. The number of halogens is 1. The van der Waals surface area contributed by atoms with Gasteiger partial charge >= 0.3 is 0 Å². The van der Waals surface area contributed by atoms with Gasteiger partial charge in [-0.15, -0.1) is 0 Å². The van der Waals surface area contributed by atoms with Crippen molar-refractivity contribution in [2.24, 2.45) is 0 Å². The zero-order valence-electron chi connectivity index (χ0n) is 27.0. The lowest BCUT2D eigenvalue weighted by molar-refractivity contribution is -0.140. The fourth-order valence-corrected chi connectivity index (χ4v) is 7.86.